The fourth-order valence-corrected chi connectivity index (χ4v) is 2.83. The molecule has 0 bridgehead atoms. The van der Waals surface area contributed by atoms with E-state index in [0.29, 0.717) is 32.3 Å². The highest BCUT2D eigenvalue weighted by molar-refractivity contribution is 5.81. The summed E-state index contributed by atoms with van der Waals surface area (Å²) in [4.78, 5) is 12.1. The summed E-state index contributed by atoms with van der Waals surface area (Å²) in [6, 6.07) is 7.55. The molecule has 5 nitrogen and oxygen atoms in total. The molecule has 0 spiro atoms. The summed E-state index contributed by atoms with van der Waals surface area (Å²) in [5.74, 6) is 1.40. The molecule has 1 fully saturated rings. The first kappa shape index (κ1) is 17.8. The lowest BCUT2D eigenvalue weighted by molar-refractivity contribution is -0.124. The van der Waals surface area contributed by atoms with Crippen LogP contribution in [0.15, 0.2) is 24.3 Å². The first-order valence-electron chi connectivity index (χ1n) is 8.42. The summed E-state index contributed by atoms with van der Waals surface area (Å²) in [7, 11) is 0. The van der Waals surface area contributed by atoms with Gasteiger partial charge in [0.15, 0.2) is 0 Å². The minimum Gasteiger partial charge on any atom is -0.491 e. The van der Waals surface area contributed by atoms with Crippen LogP contribution in [0.2, 0.25) is 0 Å². The molecule has 0 aliphatic carbocycles. The highest BCUT2D eigenvalue weighted by atomic mass is 16.5. The van der Waals surface area contributed by atoms with Gasteiger partial charge in [-0.15, -0.1) is 0 Å². The second kappa shape index (κ2) is 8.89. The fraction of sp³-hybridized carbons (Fsp3) is 0.611. The number of hydrogen-bond donors (Lipinski definition) is 2. The van der Waals surface area contributed by atoms with Crippen LogP contribution in [0.5, 0.6) is 5.75 Å². The van der Waals surface area contributed by atoms with Gasteiger partial charge in [-0.25, -0.2) is 0 Å². The topological polar surface area (TPSA) is 73.6 Å². The Balaban J connectivity index is 1.73. The minimum absolute atomic E-state index is 0.0994. The van der Waals surface area contributed by atoms with Crippen molar-refractivity contribution in [1.29, 1.82) is 0 Å². The summed E-state index contributed by atoms with van der Waals surface area (Å²) in [5, 5.41) is 2.87. The van der Waals surface area contributed by atoms with E-state index in [-0.39, 0.29) is 11.8 Å². The van der Waals surface area contributed by atoms with Crippen LogP contribution in [0, 0.1) is 5.92 Å². The molecule has 1 amide bonds. The van der Waals surface area contributed by atoms with Gasteiger partial charge in [0, 0.05) is 13.2 Å². The SMILES string of the molecule is CC(C)c1ccccc1OCCNC(=O)C(N)C1CCOCC1. The third-order valence-corrected chi connectivity index (χ3v) is 4.28. The molecule has 1 aromatic rings. The largest absolute Gasteiger partial charge is 0.491 e. The van der Waals surface area contributed by atoms with E-state index in [4.69, 9.17) is 15.2 Å². The number of rotatable bonds is 7. The van der Waals surface area contributed by atoms with Gasteiger partial charge < -0.3 is 20.5 Å². The normalized spacial score (nSPS) is 17.0. The molecule has 1 heterocycles. The summed E-state index contributed by atoms with van der Waals surface area (Å²) in [5.41, 5.74) is 7.22. The third kappa shape index (κ3) is 5.22. The maximum absolute atomic E-state index is 12.1. The van der Waals surface area contributed by atoms with Crippen molar-refractivity contribution in [3.8, 4) is 5.75 Å². The van der Waals surface area contributed by atoms with Gasteiger partial charge in [0.25, 0.3) is 0 Å². The number of benzene rings is 1. The summed E-state index contributed by atoms with van der Waals surface area (Å²) < 4.78 is 11.1. The number of hydrogen-bond acceptors (Lipinski definition) is 4. The molecule has 128 valence electrons. The van der Waals surface area contributed by atoms with Gasteiger partial charge >= 0.3 is 0 Å². The number of carbonyl (C=O) groups excluding carboxylic acids is 1. The minimum atomic E-state index is -0.457. The van der Waals surface area contributed by atoms with Crippen LogP contribution in [0.1, 0.15) is 38.2 Å². The van der Waals surface area contributed by atoms with Crippen molar-refractivity contribution in [1.82, 2.24) is 5.32 Å². The Bertz CT molecular complexity index is 499. The quantitative estimate of drug-likeness (QED) is 0.754. The van der Waals surface area contributed by atoms with Gasteiger partial charge in [-0.05, 0) is 36.3 Å². The van der Waals surface area contributed by atoms with Crippen LogP contribution in [0.3, 0.4) is 0 Å². The maximum atomic E-state index is 12.1. The number of carbonyl (C=O) groups is 1. The number of nitrogens with two attached hydrogens (primary N) is 1. The zero-order chi connectivity index (χ0) is 16.7. The van der Waals surface area contributed by atoms with Crippen molar-refractivity contribution in [3.63, 3.8) is 0 Å². The molecular formula is C18H28N2O3. The van der Waals surface area contributed by atoms with Crippen molar-refractivity contribution >= 4 is 5.91 Å². The van der Waals surface area contributed by atoms with Crippen molar-refractivity contribution in [3.05, 3.63) is 29.8 Å². The predicted octanol–water partition coefficient (Wildman–Crippen LogP) is 2.06. The van der Waals surface area contributed by atoms with E-state index in [9.17, 15) is 4.79 Å². The molecule has 1 aliphatic heterocycles. The van der Waals surface area contributed by atoms with E-state index < -0.39 is 6.04 Å². The predicted molar refractivity (Wildman–Crippen MR) is 90.6 cm³/mol. The number of nitrogens with one attached hydrogen (secondary N) is 1. The van der Waals surface area contributed by atoms with E-state index in [2.05, 4.69) is 25.2 Å². The Hall–Kier alpha value is -1.59. The van der Waals surface area contributed by atoms with Crippen LogP contribution in [0.25, 0.3) is 0 Å². The van der Waals surface area contributed by atoms with Crippen LogP contribution >= 0.6 is 0 Å². The van der Waals surface area contributed by atoms with Crippen LogP contribution < -0.4 is 15.8 Å². The summed E-state index contributed by atoms with van der Waals surface area (Å²) >= 11 is 0. The van der Waals surface area contributed by atoms with Crippen molar-refractivity contribution < 1.29 is 14.3 Å². The smallest absolute Gasteiger partial charge is 0.237 e. The van der Waals surface area contributed by atoms with Gasteiger partial charge in [0.2, 0.25) is 5.91 Å². The van der Waals surface area contributed by atoms with E-state index in [1.807, 2.05) is 18.2 Å². The molecule has 1 aromatic carbocycles. The molecule has 3 N–H and O–H groups in total. The molecule has 0 aromatic heterocycles. The molecule has 2 rings (SSSR count). The molecule has 5 heteroatoms. The number of para-hydroxylation sites is 1. The molecular weight excluding hydrogens is 292 g/mol. The molecule has 23 heavy (non-hydrogen) atoms. The van der Waals surface area contributed by atoms with E-state index in [1.165, 1.54) is 5.56 Å². The second-order valence-corrected chi connectivity index (χ2v) is 6.31. The Labute approximate surface area is 138 Å². The Kier molecular flexibility index (Phi) is 6.86. The Morgan fingerprint density at radius 1 is 1.35 bits per heavy atom. The lowest BCUT2D eigenvalue weighted by atomic mass is 9.92. The monoisotopic (exact) mass is 320 g/mol. The molecule has 1 saturated heterocycles. The first-order chi connectivity index (χ1) is 11.1. The van der Waals surface area contributed by atoms with E-state index >= 15 is 0 Å². The zero-order valence-electron chi connectivity index (χ0n) is 14.1. The number of ether oxygens (including phenoxy) is 2. The van der Waals surface area contributed by atoms with Crippen LogP contribution in [-0.4, -0.2) is 38.3 Å². The van der Waals surface area contributed by atoms with Crippen LogP contribution in [-0.2, 0) is 9.53 Å². The molecule has 0 radical (unpaired) electrons. The van der Waals surface area contributed by atoms with E-state index in [0.717, 1.165) is 18.6 Å². The van der Waals surface area contributed by atoms with Crippen molar-refractivity contribution in [2.75, 3.05) is 26.4 Å². The third-order valence-electron chi connectivity index (χ3n) is 4.28. The zero-order valence-corrected chi connectivity index (χ0v) is 14.1. The highest BCUT2D eigenvalue weighted by Gasteiger charge is 2.26. The fourth-order valence-electron chi connectivity index (χ4n) is 2.83. The van der Waals surface area contributed by atoms with Gasteiger partial charge in [-0.1, -0.05) is 32.0 Å². The van der Waals surface area contributed by atoms with Gasteiger partial charge in [0.1, 0.15) is 12.4 Å². The van der Waals surface area contributed by atoms with E-state index in [1.54, 1.807) is 0 Å². The van der Waals surface area contributed by atoms with Crippen molar-refractivity contribution in [2.24, 2.45) is 11.7 Å². The first-order valence-corrected chi connectivity index (χ1v) is 8.42. The summed E-state index contributed by atoms with van der Waals surface area (Å²) in [6.07, 6.45) is 1.71. The lowest BCUT2D eigenvalue weighted by Gasteiger charge is -2.26. The average Bonchev–Trinajstić information content (AvgIpc) is 2.58. The summed E-state index contributed by atoms with van der Waals surface area (Å²) in [6.45, 7) is 6.56. The Morgan fingerprint density at radius 3 is 2.74 bits per heavy atom. The lowest BCUT2D eigenvalue weighted by Crippen LogP contribution is -2.47. The average molecular weight is 320 g/mol. The van der Waals surface area contributed by atoms with Gasteiger partial charge in [-0.3, -0.25) is 4.79 Å². The van der Waals surface area contributed by atoms with Gasteiger partial charge in [0.05, 0.1) is 12.6 Å². The van der Waals surface area contributed by atoms with Gasteiger partial charge in [-0.2, -0.15) is 0 Å². The molecule has 1 unspecified atom stereocenters. The van der Waals surface area contributed by atoms with Crippen LogP contribution in [0.4, 0.5) is 0 Å². The maximum Gasteiger partial charge on any atom is 0.237 e. The Morgan fingerprint density at radius 2 is 2.04 bits per heavy atom. The molecule has 1 atom stereocenters. The molecule has 1 aliphatic rings. The number of amides is 1. The second-order valence-electron chi connectivity index (χ2n) is 6.31. The highest BCUT2D eigenvalue weighted by Crippen LogP contribution is 2.25. The standard InChI is InChI=1S/C18H28N2O3/c1-13(2)15-5-3-4-6-16(15)23-12-9-20-18(21)17(19)14-7-10-22-11-8-14/h3-6,13-14,17H,7-12,19H2,1-2H3,(H,20,21). The van der Waals surface area contributed by atoms with Crippen molar-refractivity contribution in [2.45, 2.75) is 38.6 Å². The molecule has 0 saturated carbocycles.